The summed E-state index contributed by atoms with van der Waals surface area (Å²) in [6, 6.07) is 2.20. The first-order valence-corrected chi connectivity index (χ1v) is 6.38. The summed E-state index contributed by atoms with van der Waals surface area (Å²) >= 11 is 1.76. The van der Waals surface area contributed by atoms with Crippen LogP contribution in [0.15, 0.2) is 16.8 Å². The molecule has 0 radical (unpaired) electrons. The van der Waals surface area contributed by atoms with Crippen LogP contribution in [0, 0.1) is 17.3 Å². The molecular weight excluding hydrogens is 192 g/mol. The number of hydrogen-bond donors (Lipinski definition) is 1. The van der Waals surface area contributed by atoms with E-state index in [0.717, 1.165) is 18.3 Å². The fourth-order valence-electron chi connectivity index (χ4n) is 3.16. The van der Waals surface area contributed by atoms with Gasteiger partial charge in [-0.15, -0.1) is 0 Å². The number of aliphatic hydroxyl groups is 1. The molecule has 3 rings (SSSR count). The summed E-state index contributed by atoms with van der Waals surface area (Å²) < 4.78 is 0. The third-order valence-electron chi connectivity index (χ3n) is 3.95. The van der Waals surface area contributed by atoms with Gasteiger partial charge in [-0.1, -0.05) is 0 Å². The van der Waals surface area contributed by atoms with Gasteiger partial charge in [0.1, 0.15) is 0 Å². The lowest BCUT2D eigenvalue weighted by Crippen LogP contribution is -2.26. The van der Waals surface area contributed by atoms with E-state index >= 15 is 0 Å². The molecule has 0 bridgehead atoms. The van der Waals surface area contributed by atoms with Gasteiger partial charge in [-0.3, -0.25) is 0 Å². The first-order valence-electron chi connectivity index (χ1n) is 5.43. The highest BCUT2D eigenvalue weighted by atomic mass is 32.1. The fraction of sp³-hybridized carbons (Fsp3) is 0.667. The predicted octanol–water partition coefficient (Wildman–Crippen LogP) is 2.70. The predicted molar refractivity (Wildman–Crippen MR) is 58.4 cm³/mol. The highest BCUT2D eigenvalue weighted by molar-refractivity contribution is 7.07. The normalized spacial score (nSPS) is 39.8. The lowest BCUT2D eigenvalue weighted by molar-refractivity contribution is 0.117. The minimum Gasteiger partial charge on any atom is -0.396 e. The van der Waals surface area contributed by atoms with Crippen LogP contribution in [0.5, 0.6) is 0 Å². The minimum atomic E-state index is 0.245. The summed E-state index contributed by atoms with van der Waals surface area (Å²) in [7, 11) is 0. The smallest absolute Gasteiger partial charge is 0.0490 e. The molecule has 0 saturated heterocycles. The SMILES string of the molecule is OCC1(Cc2ccsc2)CC2CC2C1. The lowest BCUT2D eigenvalue weighted by Gasteiger charge is -2.28. The van der Waals surface area contributed by atoms with Gasteiger partial charge in [0.05, 0.1) is 0 Å². The van der Waals surface area contributed by atoms with Crippen molar-refractivity contribution >= 4 is 11.3 Å². The van der Waals surface area contributed by atoms with Crippen molar-refractivity contribution in [3.8, 4) is 0 Å². The molecule has 14 heavy (non-hydrogen) atoms. The van der Waals surface area contributed by atoms with E-state index in [2.05, 4.69) is 16.8 Å². The van der Waals surface area contributed by atoms with E-state index in [1.807, 2.05) is 0 Å². The Kier molecular flexibility index (Phi) is 1.96. The number of rotatable bonds is 3. The summed E-state index contributed by atoms with van der Waals surface area (Å²) in [6.45, 7) is 0.385. The molecular formula is C12H16OS. The highest BCUT2D eigenvalue weighted by Gasteiger charge is 2.53. The van der Waals surface area contributed by atoms with Gasteiger partial charge < -0.3 is 5.11 Å². The fourth-order valence-corrected chi connectivity index (χ4v) is 3.83. The molecule has 2 atom stereocenters. The number of aliphatic hydroxyl groups excluding tert-OH is 1. The Hall–Kier alpha value is -0.340. The zero-order valence-corrected chi connectivity index (χ0v) is 9.09. The quantitative estimate of drug-likeness (QED) is 0.809. The van der Waals surface area contributed by atoms with Crippen LogP contribution >= 0.6 is 11.3 Å². The van der Waals surface area contributed by atoms with Crippen molar-refractivity contribution in [2.45, 2.75) is 25.7 Å². The topological polar surface area (TPSA) is 20.2 Å². The summed E-state index contributed by atoms with van der Waals surface area (Å²) in [5.41, 5.74) is 1.67. The molecule has 0 aliphatic heterocycles. The number of fused-ring (bicyclic) bond motifs is 1. The van der Waals surface area contributed by atoms with Crippen LogP contribution in [0.3, 0.4) is 0 Å². The van der Waals surface area contributed by atoms with Crippen molar-refractivity contribution in [3.63, 3.8) is 0 Å². The Morgan fingerprint density at radius 3 is 2.79 bits per heavy atom. The van der Waals surface area contributed by atoms with Gasteiger partial charge in [-0.2, -0.15) is 11.3 Å². The maximum Gasteiger partial charge on any atom is 0.0490 e. The molecule has 76 valence electrons. The van der Waals surface area contributed by atoms with Crippen LogP contribution in [0.25, 0.3) is 0 Å². The molecule has 0 spiro atoms. The largest absolute Gasteiger partial charge is 0.396 e. The first-order chi connectivity index (χ1) is 6.81. The Morgan fingerprint density at radius 1 is 1.43 bits per heavy atom. The Labute approximate surface area is 88.8 Å². The Balaban J connectivity index is 1.75. The van der Waals surface area contributed by atoms with Crippen LogP contribution < -0.4 is 0 Å². The number of hydrogen-bond acceptors (Lipinski definition) is 2. The van der Waals surface area contributed by atoms with E-state index in [4.69, 9.17) is 0 Å². The van der Waals surface area contributed by atoms with Crippen molar-refractivity contribution in [1.29, 1.82) is 0 Å². The summed E-state index contributed by atoms with van der Waals surface area (Å²) in [5, 5.41) is 13.9. The standard InChI is InChI=1S/C12H16OS/c13-8-12(4-9-1-2-14-7-9)5-10-3-11(10)6-12/h1-2,7,10-11,13H,3-6,8H2. The molecule has 2 fully saturated rings. The van der Waals surface area contributed by atoms with Gasteiger partial charge in [0.25, 0.3) is 0 Å². The van der Waals surface area contributed by atoms with E-state index in [0.29, 0.717) is 6.61 Å². The maximum absolute atomic E-state index is 9.56. The average Bonchev–Trinajstić information content (AvgIpc) is 2.68. The van der Waals surface area contributed by atoms with Gasteiger partial charge in [0.2, 0.25) is 0 Å². The van der Waals surface area contributed by atoms with Gasteiger partial charge >= 0.3 is 0 Å². The van der Waals surface area contributed by atoms with Crippen LogP contribution in [-0.2, 0) is 6.42 Å². The lowest BCUT2D eigenvalue weighted by atomic mass is 9.79. The molecule has 2 aliphatic rings. The van der Waals surface area contributed by atoms with E-state index in [9.17, 15) is 5.11 Å². The van der Waals surface area contributed by atoms with Crippen LogP contribution in [0.2, 0.25) is 0 Å². The third-order valence-corrected chi connectivity index (χ3v) is 4.69. The molecule has 2 saturated carbocycles. The molecule has 2 aliphatic carbocycles. The second-order valence-electron chi connectivity index (χ2n) is 5.13. The van der Waals surface area contributed by atoms with Gasteiger partial charge in [0.15, 0.2) is 0 Å². The van der Waals surface area contributed by atoms with Crippen molar-refractivity contribution < 1.29 is 5.11 Å². The first kappa shape index (κ1) is 8.93. The molecule has 1 aromatic rings. The highest BCUT2D eigenvalue weighted by Crippen LogP contribution is 2.60. The summed E-state index contributed by atoms with van der Waals surface area (Å²) in [5.74, 6) is 1.92. The molecule has 1 N–H and O–H groups in total. The van der Waals surface area contributed by atoms with Crippen molar-refractivity contribution in [3.05, 3.63) is 22.4 Å². The molecule has 1 heterocycles. The van der Waals surface area contributed by atoms with Crippen molar-refractivity contribution in [1.82, 2.24) is 0 Å². The maximum atomic E-state index is 9.56. The Bertz CT molecular complexity index is 307. The van der Waals surface area contributed by atoms with Gasteiger partial charge in [-0.25, -0.2) is 0 Å². The van der Waals surface area contributed by atoms with E-state index in [1.54, 1.807) is 11.3 Å². The van der Waals surface area contributed by atoms with Crippen LogP contribution in [-0.4, -0.2) is 11.7 Å². The minimum absolute atomic E-state index is 0.245. The summed E-state index contributed by atoms with van der Waals surface area (Å²) in [6.07, 6.45) is 5.07. The van der Waals surface area contributed by atoms with E-state index in [1.165, 1.54) is 24.8 Å². The average molecular weight is 208 g/mol. The second kappa shape index (κ2) is 3.07. The van der Waals surface area contributed by atoms with Gasteiger partial charge in [0, 0.05) is 6.61 Å². The van der Waals surface area contributed by atoms with E-state index < -0.39 is 0 Å². The van der Waals surface area contributed by atoms with Crippen molar-refractivity contribution in [2.75, 3.05) is 6.61 Å². The molecule has 2 heteroatoms. The van der Waals surface area contributed by atoms with E-state index in [-0.39, 0.29) is 5.41 Å². The molecule has 0 aromatic carbocycles. The van der Waals surface area contributed by atoms with Crippen molar-refractivity contribution in [2.24, 2.45) is 17.3 Å². The van der Waals surface area contributed by atoms with Crippen LogP contribution in [0.1, 0.15) is 24.8 Å². The molecule has 2 unspecified atom stereocenters. The molecule has 1 nitrogen and oxygen atoms in total. The zero-order chi connectivity index (χ0) is 9.60. The van der Waals surface area contributed by atoms with Crippen LogP contribution in [0.4, 0.5) is 0 Å². The Morgan fingerprint density at radius 2 is 2.21 bits per heavy atom. The second-order valence-corrected chi connectivity index (χ2v) is 5.91. The van der Waals surface area contributed by atoms with Gasteiger partial charge in [-0.05, 0) is 65.3 Å². The molecule has 1 aromatic heterocycles. The summed E-state index contributed by atoms with van der Waals surface area (Å²) in [4.78, 5) is 0. The number of thiophene rings is 1. The monoisotopic (exact) mass is 208 g/mol. The third kappa shape index (κ3) is 1.41. The molecule has 0 amide bonds. The zero-order valence-electron chi connectivity index (χ0n) is 8.28.